The summed E-state index contributed by atoms with van der Waals surface area (Å²) in [6.07, 6.45) is 3.53. The smallest absolute Gasteiger partial charge is 0.253 e. The second-order valence-electron chi connectivity index (χ2n) is 8.41. The van der Waals surface area contributed by atoms with Crippen molar-refractivity contribution in [2.45, 2.75) is 37.9 Å². The summed E-state index contributed by atoms with van der Waals surface area (Å²) in [5.41, 5.74) is 1.74. The topological polar surface area (TPSA) is 113 Å². The molecular formula is C25H31N3O6S. The van der Waals surface area contributed by atoms with E-state index in [1.807, 2.05) is 18.2 Å². The summed E-state index contributed by atoms with van der Waals surface area (Å²) in [5, 5.41) is 2.40. The molecule has 1 aromatic rings. The van der Waals surface area contributed by atoms with Crippen LogP contribution in [0.2, 0.25) is 0 Å². The average molecular weight is 502 g/mol. The highest BCUT2D eigenvalue weighted by atomic mass is 32.2. The van der Waals surface area contributed by atoms with Gasteiger partial charge in [-0.2, -0.15) is 0 Å². The zero-order valence-corrected chi connectivity index (χ0v) is 20.8. The summed E-state index contributed by atoms with van der Waals surface area (Å²) < 4.78 is 5.41. The van der Waals surface area contributed by atoms with Crippen molar-refractivity contribution in [2.75, 3.05) is 38.6 Å². The second kappa shape index (κ2) is 12.6. The van der Waals surface area contributed by atoms with Crippen molar-refractivity contribution in [2.24, 2.45) is 0 Å². The van der Waals surface area contributed by atoms with Gasteiger partial charge in [0.1, 0.15) is 0 Å². The number of hydrogen-bond acceptors (Lipinski definition) is 7. The molecule has 0 bridgehead atoms. The molecule has 35 heavy (non-hydrogen) atoms. The van der Waals surface area contributed by atoms with Crippen LogP contribution in [-0.2, 0) is 23.9 Å². The third-order valence-corrected chi connectivity index (χ3v) is 7.27. The Bertz CT molecular complexity index is 993. The molecule has 1 fully saturated rings. The zero-order chi connectivity index (χ0) is 25.4. The van der Waals surface area contributed by atoms with Crippen molar-refractivity contribution in [1.82, 2.24) is 15.1 Å². The predicted molar refractivity (Wildman–Crippen MR) is 132 cm³/mol. The Labute approximate surface area is 209 Å². The van der Waals surface area contributed by atoms with E-state index >= 15 is 0 Å². The number of carbonyl (C=O) groups excluding carboxylic acids is 5. The van der Waals surface area contributed by atoms with Gasteiger partial charge >= 0.3 is 0 Å². The fourth-order valence-electron chi connectivity index (χ4n) is 3.77. The first-order valence-electron chi connectivity index (χ1n) is 11.8. The van der Waals surface area contributed by atoms with Gasteiger partial charge in [0, 0.05) is 36.4 Å². The number of likely N-dealkylation sites (tertiary alicyclic amines) is 1. The van der Waals surface area contributed by atoms with Crippen LogP contribution in [0.4, 0.5) is 0 Å². The van der Waals surface area contributed by atoms with Crippen LogP contribution in [-0.4, -0.2) is 83.2 Å². The first-order valence-corrected chi connectivity index (χ1v) is 12.8. The Morgan fingerprint density at radius 3 is 2.49 bits per heavy atom. The van der Waals surface area contributed by atoms with E-state index in [1.165, 1.54) is 28.8 Å². The number of nitrogens with one attached hydrogen (secondary N) is 1. The molecule has 188 valence electrons. The molecule has 0 aromatic heterocycles. The Morgan fingerprint density at radius 1 is 1.11 bits per heavy atom. The SMILES string of the molecule is CCC(C)c1cccc(C(=O)NCCSC2CC(=O)N(CCOCCN3C(=O)C=CC3=O)C2=O)c1. The van der Waals surface area contributed by atoms with Gasteiger partial charge in [0.2, 0.25) is 11.8 Å². The largest absolute Gasteiger partial charge is 0.378 e. The van der Waals surface area contributed by atoms with Gasteiger partial charge in [0.25, 0.3) is 17.7 Å². The van der Waals surface area contributed by atoms with E-state index in [0.717, 1.165) is 16.9 Å². The fourth-order valence-corrected chi connectivity index (χ4v) is 4.81. The molecule has 0 spiro atoms. The molecule has 3 rings (SSSR count). The van der Waals surface area contributed by atoms with Crippen molar-refractivity contribution < 1.29 is 28.7 Å². The maximum atomic E-state index is 12.6. The van der Waals surface area contributed by atoms with Crippen molar-refractivity contribution in [3.63, 3.8) is 0 Å². The monoisotopic (exact) mass is 501 g/mol. The minimum absolute atomic E-state index is 0.122. The summed E-state index contributed by atoms with van der Waals surface area (Å²) in [5.74, 6) is -0.527. The van der Waals surface area contributed by atoms with Gasteiger partial charge in [-0.3, -0.25) is 33.8 Å². The molecule has 0 radical (unpaired) electrons. The van der Waals surface area contributed by atoms with Crippen LogP contribution >= 0.6 is 11.8 Å². The van der Waals surface area contributed by atoms with E-state index in [0.29, 0.717) is 23.8 Å². The summed E-state index contributed by atoms with van der Waals surface area (Å²) >= 11 is 1.35. The van der Waals surface area contributed by atoms with Gasteiger partial charge in [-0.25, -0.2) is 0 Å². The third-order valence-electron chi connectivity index (χ3n) is 6.06. The van der Waals surface area contributed by atoms with E-state index in [9.17, 15) is 24.0 Å². The Balaban J connectivity index is 1.34. The number of amides is 5. The Morgan fingerprint density at radius 2 is 1.80 bits per heavy atom. The maximum Gasteiger partial charge on any atom is 0.253 e. The number of thioether (sulfide) groups is 1. The minimum Gasteiger partial charge on any atom is -0.378 e. The van der Waals surface area contributed by atoms with Gasteiger partial charge in [-0.15, -0.1) is 11.8 Å². The van der Waals surface area contributed by atoms with Crippen LogP contribution in [0.15, 0.2) is 36.4 Å². The van der Waals surface area contributed by atoms with Crippen molar-refractivity contribution in [3.05, 3.63) is 47.5 Å². The molecule has 5 amide bonds. The molecule has 1 aromatic carbocycles. The number of ether oxygens (including phenoxy) is 1. The highest BCUT2D eigenvalue weighted by Crippen LogP contribution is 2.25. The molecular weight excluding hydrogens is 470 g/mol. The van der Waals surface area contributed by atoms with Gasteiger partial charge in [-0.05, 0) is 30.0 Å². The quantitative estimate of drug-likeness (QED) is 0.324. The lowest BCUT2D eigenvalue weighted by Crippen LogP contribution is -2.36. The van der Waals surface area contributed by atoms with Crippen molar-refractivity contribution in [3.8, 4) is 0 Å². The first-order chi connectivity index (χ1) is 16.8. The van der Waals surface area contributed by atoms with Crippen LogP contribution in [0.25, 0.3) is 0 Å². The van der Waals surface area contributed by atoms with Crippen LogP contribution in [0.1, 0.15) is 48.5 Å². The Kier molecular flexibility index (Phi) is 9.62. The van der Waals surface area contributed by atoms with Gasteiger partial charge < -0.3 is 10.1 Å². The number of rotatable bonds is 13. The van der Waals surface area contributed by atoms with Gasteiger partial charge in [-0.1, -0.05) is 26.0 Å². The predicted octanol–water partition coefficient (Wildman–Crippen LogP) is 1.73. The maximum absolute atomic E-state index is 12.6. The number of carbonyl (C=O) groups is 5. The molecule has 1 saturated heterocycles. The summed E-state index contributed by atoms with van der Waals surface area (Å²) in [7, 11) is 0. The lowest BCUT2D eigenvalue weighted by molar-refractivity contribution is -0.139. The number of benzene rings is 1. The zero-order valence-electron chi connectivity index (χ0n) is 20.0. The van der Waals surface area contributed by atoms with Gasteiger partial charge in [0.15, 0.2) is 0 Å². The van der Waals surface area contributed by atoms with E-state index in [-0.39, 0.29) is 62.3 Å². The van der Waals surface area contributed by atoms with E-state index in [4.69, 9.17) is 4.74 Å². The standard InChI is InChI=1S/C25H31N3O6S/c1-3-17(2)18-5-4-6-19(15-18)24(32)26-9-14-35-20-16-23(31)28(25(20)33)11-13-34-12-10-27-21(29)7-8-22(27)30/h4-8,15,17,20H,3,9-14,16H2,1-2H3,(H,26,32). The molecule has 9 nitrogen and oxygen atoms in total. The average Bonchev–Trinajstić information content (AvgIpc) is 3.32. The number of hydrogen-bond donors (Lipinski definition) is 1. The highest BCUT2D eigenvalue weighted by Gasteiger charge is 2.38. The minimum atomic E-state index is -0.473. The lowest BCUT2D eigenvalue weighted by Gasteiger charge is -2.16. The first kappa shape index (κ1) is 26.6. The molecule has 2 aliphatic heterocycles. The Hall–Kier alpha value is -2.98. The highest BCUT2D eigenvalue weighted by molar-refractivity contribution is 8.00. The molecule has 1 N–H and O–H groups in total. The van der Waals surface area contributed by atoms with E-state index < -0.39 is 5.25 Å². The number of imide groups is 2. The molecule has 2 aliphatic rings. The van der Waals surface area contributed by atoms with Crippen LogP contribution in [0.3, 0.4) is 0 Å². The normalized spacial score (nSPS) is 18.6. The third kappa shape index (κ3) is 7.02. The molecule has 0 aliphatic carbocycles. The second-order valence-corrected chi connectivity index (χ2v) is 9.72. The molecule has 10 heteroatoms. The van der Waals surface area contributed by atoms with Crippen LogP contribution < -0.4 is 5.32 Å². The van der Waals surface area contributed by atoms with E-state index in [2.05, 4.69) is 19.2 Å². The summed E-state index contributed by atoms with van der Waals surface area (Å²) in [6.45, 7) is 5.13. The van der Waals surface area contributed by atoms with Crippen molar-refractivity contribution in [1.29, 1.82) is 0 Å². The summed E-state index contributed by atoms with van der Waals surface area (Å²) in [6, 6.07) is 7.60. The van der Waals surface area contributed by atoms with Crippen LogP contribution in [0.5, 0.6) is 0 Å². The molecule has 2 heterocycles. The fraction of sp³-hybridized carbons (Fsp3) is 0.480. The molecule has 2 atom stereocenters. The summed E-state index contributed by atoms with van der Waals surface area (Å²) in [4.78, 5) is 62.5. The molecule has 0 saturated carbocycles. The van der Waals surface area contributed by atoms with Crippen LogP contribution in [0, 0.1) is 0 Å². The van der Waals surface area contributed by atoms with Gasteiger partial charge in [0.05, 0.1) is 31.6 Å². The van der Waals surface area contributed by atoms with E-state index in [1.54, 1.807) is 6.07 Å². The molecule has 2 unspecified atom stereocenters. The lowest BCUT2D eigenvalue weighted by atomic mass is 9.97. The van der Waals surface area contributed by atoms with Crippen molar-refractivity contribution >= 4 is 41.3 Å². The number of nitrogens with zero attached hydrogens (tertiary/aromatic N) is 2.